The van der Waals surface area contributed by atoms with Gasteiger partial charge in [0.15, 0.2) is 0 Å². The van der Waals surface area contributed by atoms with Crippen molar-refractivity contribution in [1.29, 1.82) is 0 Å². The molecule has 0 saturated heterocycles. The van der Waals surface area contributed by atoms with E-state index in [9.17, 15) is 10.3 Å². The van der Waals surface area contributed by atoms with Crippen LogP contribution in [-0.2, 0) is 0 Å². The second kappa shape index (κ2) is 6.53. The number of hydrogen-bond donors (Lipinski definition) is 2. The summed E-state index contributed by atoms with van der Waals surface area (Å²) in [6.07, 6.45) is 0.962. The van der Waals surface area contributed by atoms with Gasteiger partial charge in [-0.05, 0) is 49.9 Å². The SMILES string of the molecule is CN(C)C12C[C@@H](c3ccccc3)C([C@@H](O)/C1=N\O)[C@H](c1ccccc1)C2. The van der Waals surface area contributed by atoms with Crippen molar-refractivity contribution in [3.63, 3.8) is 0 Å². The fourth-order valence-corrected chi connectivity index (χ4v) is 5.30. The standard InChI is InChI=1S/C22H26N2O2/c1-24(2)22-13-17(15-9-5-3-6-10-15)19(20(25)21(22)23-26)18(14-22)16-11-7-4-8-12-16/h3-12,17-20,25-26H,13-14H2,1-2H3/b23-21+/t17-,18-,19?,20+,22?/m0/s1. The second-order valence-electron chi connectivity index (χ2n) is 7.88. The van der Waals surface area contributed by atoms with Crippen molar-refractivity contribution in [2.75, 3.05) is 14.1 Å². The van der Waals surface area contributed by atoms with Crippen LogP contribution in [0.5, 0.6) is 0 Å². The average Bonchev–Trinajstić information content (AvgIpc) is 2.69. The monoisotopic (exact) mass is 350 g/mol. The van der Waals surface area contributed by atoms with Crippen LogP contribution in [0.4, 0.5) is 0 Å². The molecule has 4 heteroatoms. The largest absolute Gasteiger partial charge is 0.411 e. The lowest BCUT2D eigenvalue weighted by Crippen LogP contribution is -2.67. The number of aliphatic hydroxyl groups excluding tert-OH is 1. The normalized spacial score (nSPS) is 35.2. The van der Waals surface area contributed by atoms with Crippen molar-refractivity contribution in [2.24, 2.45) is 11.1 Å². The molecule has 2 aromatic rings. The van der Waals surface area contributed by atoms with E-state index in [2.05, 4.69) is 58.6 Å². The van der Waals surface area contributed by atoms with Crippen molar-refractivity contribution in [2.45, 2.75) is 36.3 Å². The highest BCUT2D eigenvalue weighted by molar-refractivity contribution is 5.99. The topological polar surface area (TPSA) is 56.1 Å². The molecule has 0 amide bonds. The van der Waals surface area contributed by atoms with Crippen molar-refractivity contribution < 1.29 is 10.3 Å². The lowest BCUT2D eigenvalue weighted by molar-refractivity contribution is 0.00132. The number of fused-ring (bicyclic) bond motifs is 3. The van der Waals surface area contributed by atoms with Crippen molar-refractivity contribution >= 4 is 5.71 Å². The molecule has 5 rings (SSSR count). The summed E-state index contributed by atoms with van der Waals surface area (Å²) >= 11 is 0. The van der Waals surface area contributed by atoms with E-state index < -0.39 is 11.6 Å². The summed E-state index contributed by atoms with van der Waals surface area (Å²) in [4.78, 5) is 2.13. The Morgan fingerprint density at radius 2 is 1.35 bits per heavy atom. The molecule has 0 spiro atoms. The molecule has 3 atom stereocenters. The maximum Gasteiger partial charge on any atom is 0.106 e. The second-order valence-corrected chi connectivity index (χ2v) is 7.88. The predicted molar refractivity (Wildman–Crippen MR) is 103 cm³/mol. The average molecular weight is 350 g/mol. The zero-order valence-electron chi connectivity index (χ0n) is 15.3. The van der Waals surface area contributed by atoms with Crippen LogP contribution in [0, 0.1) is 5.92 Å². The lowest BCUT2D eigenvalue weighted by Gasteiger charge is -2.59. The minimum atomic E-state index is -0.750. The summed E-state index contributed by atoms with van der Waals surface area (Å²) in [5.74, 6) is 0.448. The van der Waals surface area contributed by atoms with E-state index in [1.54, 1.807) is 0 Å². The Bertz CT molecular complexity index is 739. The van der Waals surface area contributed by atoms with Gasteiger partial charge in [-0.1, -0.05) is 65.8 Å². The summed E-state index contributed by atoms with van der Waals surface area (Å²) < 4.78 is 0. The molecule has 4 nitrogen and oxygen atoms in total. The molecule has 3 saturated carbocycles. The molecular formula is C22H26N2O2. The maximum atomic E-state index is 11.2. The van der Waals surface area contributed by atoms with Gasteiger partial charge in [-0.2, -0.15) is 0 Å². The first-order valence-corrected chi connectivity index (χ1v) is 9.26. The fourth-order valence-electron chi connectivity index (χ4n) is 5.30. The molecule has 2 aromatic carbocycles. The molecule has 3 aliphatic rings. The molecule has 3 fully saturated rings. The number of hydrogen-bond acceptors (Lipinski definition) is 4. The first-order valence-electron chi connectivity index (χ1n) is 9.26. The van der Waals surface area contributed by atoms with Crippen molar-refractivity contribution in [1.82, 2.24) is 4.90 Å². The highest BCUT2D eigenvalue weighted by Gasteiger charge is 2.60. The highest BCUT2D eigenvalue weighted by Crippen LogP contribution is 2.58. The van der Waals surface area contributed by atoms with Gasteiger partial charge >= 0.3 is 0 Å². The van der Waals surface area contributed by atoms with Crippen LogP contribution in [0.15, 0.2) is 65.8 Å². The summed E-state index contributed by atoms with van der Waals surface area (Å²) in [5.41, 5.74) is 2.58. The summed E-state index contributed by atoms with van der Waals surface area (Å²) in [5, 5.41) is 24.5. The molecule has 3 aliphatic carbocycles. The van der Waals surface area contributed by atoms with Gasteiger partial charge in [0.2, 0.25) is 0 Å². The van der Waals surface area contributed by atoms with Crippen molar-refractivity contribution in [3.8, 4) is 0 Å². The Hall–Kier alpha value is -2.17. The molecular weight excluding hydrogens is 324 g/mol. The van der Waals surface area contributed by atoms with Crippen LogP contribution in [0.3, 0.4) is 0 Å². The number of oxime groups is 1. The third-order valence-electron chi connectivity index (χ3n) is 6.59. The Labute approximate surface area is 154 Å². The molecule has 2 bridgehead atoms. The summed E-state index contributed by atoms with van der Waals surface area (Å²) in [6, 6.07) is 20.9. The van der Waals surface area contributed by atoms with E-state index in [0.29, 0.717) is 5.71 Å². The van der Waals surface area contributed by atoms with Gasteiger partial charge in [0.05, 0.1) is 5.54 Å². The lowest BCUT2D eigenvalue weighted by atomic mass is 9.51. The smallest absolute Gasteiger partial charge is 0.106 e. The Morgan fingerprint density at radius 1 is 0.885 bits per heavy atom. The minimum Gasteiger partial charge on any atom is -0.411 e. The zero-order valence-corrected chi connectivity index (χ0v) is 15.3. The van der Waals surface area contributed by atoms with Gasteiger partial charge in [0, 0.05) is 5.92 Å². The summed E-state index contributed by atoms with van der Waals surface area (Å²) in [7, 11) is 4.04. The Balaban J connectivity index is 1.87. The molecule has 0 aliphatic heterocycles. The minimum absolute atomic E-state index is 0.00697. The van der Waals surface area contributed by atoms with Crippen LogP contribution in [-0.4, -0.2) is 46.7 Å². The van der Waals surface area contributed by atoms with E-state index in [-0.39, 0.29) is 17.8 Å². The number of rotatable bonds is 3. The molecule has 0 unspecified atom stereocenters. The van der Waals surface area contributed by atoms with E-state index in [1.807, 2.05) is 26.2 Å². The fraction of sp³-hybridized carbons (Fsp3) is 0.409. The Morgan fingerprint density at radius 3 is 1.73 bits per heavy atom. The maximum absolute atomic E-state index is 11.2. The van der Waals surface area contributed by atoms with Gasteiger partial charge in [0.25, 0.3) is 0 Å². The zero-order chi connectivity index (χ0) is 18.3. The van der Waals surface area contributed by atoms with Gasteiger partial charge in [-0.3, -0.25) is 4.90 Å². The van der Waals surface area contributed by atoms with Crippen LogP contribution in [0.2, 0.25) is 0 Å². The molecule has 0 heterocycles. The number of benzene rings is 2. The van der Waals surface area contributed by atoms with Crippen LogP contribution < -0.4 is 0 Å². The van der Waals surface area contributed by atoms with E-state index in [1.165, 1.54) is 11.1 Å². The van der Waals surface area contributed by atoms with E-state index >= 15 is 0 Å². The van der Waals surface area contributed by atoms with Crippen molar-refractivity contribution in [3.05, 3.63) is 71.8 Å². The molecule has 0 aromatic heterocycles. The van der Waals surface area contributed by atoms with Gasteiger partial charge in [0.1, 0.15) is 11.8 Å². The molecule has 136 valence electrons. The van der Waals surface area contributed by atoms with Gasteiger partial charge < -0.3 is 10.3 Å². The quantitative estimate of drug-likeness (QED) is 0.658. The summed E-state index contributed by atoms with van der Waals surface area (Å²) in [6.45, 7) is 0. The highest BCUT2D eigenvalue weighted by atomic mass is 16.4. The third kappa shape index (κ3) is 2.48. The third-order valence-corrected chi connectivity index (χ3v) is 6.59. The van der Waals surface area contributed by atoms with E-state index in [4.69, 9.17) is 0 Å². The first kappa shape index (κ1) is 17.3. The predicted octanol–water partition coefficient (Wildman–Crippen LogP) is 3.47. The molecule has 26 heavy (non-hydrogen) atoms. The van der Waals surface area contributed by atoms with E-state index in [0.717, 1.165) is 12.8 Å². The number of aliphatic hydroxyl groups is 1. The van der Waals surface area contributed by atoms with Crippen LogP contribution >= 0.6 is 0 Å². The molecule has 0 radical (unpaired) electrons. The van der Waals surface area contributed by atoms with Crippen LogP contribution in [0.25, 0.3) is 0 Å². The number of nitrogens with zero attached hydrogens (tertiary/aromatic N) is 2. The molecule has 2 N–H and O–H groups in total. The van der Waals surface area contributed by atoms with Crippen LogP contribution in [0.1, 0.15) is 35.8 Å². The first-order chi connectivity index (χ1) is 12.6. The van der Waals surface area contributed by atoms with Gasteiger partial charge in [-0.25, -0.2) is 0 Å². The Kier molecular flexibility index (Phi) is 4.33. The van der Waals surface area contributed by atoms with Gasteiger partial charge in [-0.15, -0.1) is 0 Å².